The van der Waals surface area contributed by atoms with Crippen molar-refractivity contribution in [3.8, 4) is 0 Å². The predicted molar refractivity (Wildman–Crippen MR) is 101 cm³/mol. The first-order valence-electron chi connectivity index (χ1n) is 8.71. The third-order valence-corrected chi connectivity index (χ3v) is 7.55. The quantitative estimate of drug-likeness (QED) is 0.840. The van der Waals surface area contributed by atoms with Gasteiger partial charge in [-0.2, -0.15) is 0 Å². The van der Waals surface area contributed by atoms with E-state index in [4.69, 9.17) is 9.47 Å². The van der Waals surface area contributed by atoms with Crippen molar-refractivity contribution in [2.75, 3.05) is 31.0 Å². The first-order valence-corrected chi connectivity index (χ1v) is 11.1. The maximum absolute atomic E-state index is 12.7. The van der Waals surface area contributed by atoms with E-state index >= 15 is 0 Å². The Labute approximate surface area is 161 Å². The first-order chi connectivity index (χ1) is 13.0. The Morgan fingerprint density at radius 1 is 1.07 bits per heavy atom. The average Bonchev–Trinajstić information content (AvgIpc) is 3.35. The highest BCUT2D eigenvalue weighted by Crippen LogP contribution is 2.31. The van der Waals surface area contributed by atoms with Gasteiger partial charge in [0.05, 0.1) is 13.2 Å². The molecule has 3 heterocycles. The molecule has 0 radical (unpaired) electrons. The zero-order chi connectivity index (χ0) is 18.9. The molecule has 2 saturated heterocycles. The molecule has 27 heavy (non-hydrogen) atoms. The van der Waals surface area contributed by atoms with Crippen molar-refractivity contribution in [2.24, 2.45) is 0 Å². The summed E-state index contributed by atoms with van der Waals surface area (Å²) in [7, 11) is -3.59. The lowest BCUT2D eigenvalue weighted by atomic mass is 10.0. The Morgan fingerprint density at radius 3 is 2.33 bits per heavy atom. The summed E-state index contributed by atoms with van der Waals surface area (Å²) in [6.07, 6.45) is 1.33. The molecule has 9 heteroatoms. The molecular formula is C18H20N2O5S2. The topological polar surface area (TPSA) is 84.9 Å². The van der Waals surface area contributed by atoms with Crippen LogP contribution in [0, 0.1) is 0 Å². The number of carbonyl (C=O) groups excluding carboxylic acids is 1. The highest BCUT2D eigenvalue weighted by molar-refractivity contribution is 7.94. The number of hydrogen-bond acceptors (Lipinski definition) is 6. The van der Waals surface area contributed by atoms with E-state index in [1.54, 1.807) is 46.7 Å². The van der Waals surface area contributed by atoms with Crippen molar-refractivity contribution in [1.82, 2.24) is 4.90 Å². The van der Waals surface area contributed by atoms with Gasteiger partial charge in [-0.05, 0) is 35.7 Å². The SMILES string of the molecule is O=C(c1ccc(NS(=O)(=O)c2cccs2)cc1)N1CCC2(CC1)OCCO2. The fourth-order valence-electron chi connectivity index (χ4n) is 3.32. The van der Waals surface area contributed by atoms with Crippen LogP contribution in [-0.4, -0.2) is 51.3 Å². The third kappa shape index (κ3) is 3.86. The molecule has 0 atom stereocenters. The molecule has 0 bridgehead atoms. The van der Waals surface area contributed by atoms with Gasteiger partial charge in [0, 0.05) is 37.2 Å². The van der Waals surface area contributed by atoms with Crippen molar-refractivity contribution < 1.29 is 22.7 Å². The van der Waals surface area contributed by atoms with Crippen LogP contribution in [-0.2, 0) is 19.5 Å². The molecule has 2 aromatic rings. The standard InChI is InChI=1S/C18H20N2O5S2/c21-17(20-9-7-18(8-10-20)24-11-12-25-18)14-3-5-15(6-4-14)19-27(22,23)16-2-1-13-26-16/h1-6,13,19H,7-12H2. The first kappa shape index (κ1) is 18.4. The van der Waals surface area contributed by atoms with E-state index in [1.807, 2.05) is 0 Å². The molecule has 2 aliphatic rings. The summed E-state index contributed by atoms with van der Waals surface area (Å²) in [4.78, 5) is 14.5. The van der Waals surface area contributed by atoms with Gasteiger partial charge in [0.15, 0.2) is 5.79 Å². The van der Waals surface area contributed by atoms with Gasteiger partial charge in [0.25, 0.3) is 15.9 Å². The van der Waals surface area contributed by atoms with E-state index in [2.05, 4.69) is 4.72 Å². The predicted octanol–water partition coefficient (Wildman–Crippen LogP) is 2.53. The second kappa shape index (κ2) is 7.23. The summed E-state index contributed by atoms with van der Waals surface area (Å²) in [6.45, 7) is 2.37. The Kier molecular flexibility index (Phi) is 4.94. The molecule has 2 aliphatic heterocycles. The van der Waals surface area contributed by atoms with Gasteiger partial charge in [0.1, 0.15) is 4.21 Å². The maximum atomic E-state index is 12.7. The van der Waals surface area contributed by atoms with Crippen LogP contribution < -0.4 is 4.72 Å². The summed E-state index contributed by atoms with van der Waals surface area (Å²) < 4.78 is 38.6. The average molecular weight is 409 g/mol. The van der Waals surface area contributed by atoms with Gasteiger partial charge in [-0.1, -0.05) is 6.07 Å². The van der Waals surface area contributed by atoms with Gasteiger partial charge >= 0.3 is 0 Å². The summed E-state index contributed by atoms with van der Waals surface area (Å²) in [5, 5.41) is 1.71. The molecule has 0 aliphatic carbocycles. The van der Waals surface area contributed by atoms with Crippen LogP contribution in [0.1, 0.15) is 23.2 Å². The minimum atomic E-state index is -3.59. The Morgan fingerprint density at radius 2 is 1.74 bits per heavy atom. The number of thiophene rings is 1. The van der Waals surface area contributed by atoms with Gasteiger partial charge in [-0.15, -0.1) is 11.3 Å². The fraction of sp³-hybridized carbons (Fsp3) is 0.389. The summed E-state index contributed by atoms with van der Waals surface area (Å²) in [5.41, 5.74) is 0.948. The van der Waals surface area contributed by atoms with E-state index in [0.29, 0.717) is 50.4 Å². The molecule has 1 amide bonds. The number of hydrogen-bond donors (Lipinski definition) is 1. The molecule has 1 aromatic carbocycles. The highest BCUT2D eigenvalue weighted by atomic mass is 32.2. The number of piperidine rings is 1. The van der Waals surface area contributed by atoms with Crippen LogP contribution in [0.2, 0.25) is 0 Å². The van der Waals surface area contributed by atoms with Gasteiger partial charge in [0.2, 0.25) is 0 Å². The third-order valence-electron chi connectivity index (χ3n) is 4.77. The largest absolute Gasteiger partial charge is 0.347 e. The molecule has 4 rings (SSSR count). The summed E-state index contributed by atoms with van der Waals surface area (Å²) in [5.74, 6) is -0.587. The van der Waals surface area contributed by atoms with Crippen LogP contribution in [0.15, 0.2) is 46.0 Å². The van der Waals surface area contributed by atoms with Crippen LogP contribution in [0.5, 0.6) is 0 Å². The van der Waals surface area contributed by atoms with Crippen molar-refractivity contribution in [1.29, 1.82) is 0 Å². The number of anilines is 1. The lowest BCUT2D eigenvalue weighted by Gasteiger charge is -2.37. The number of sulfonamides is 1. The zero-order valence-corrected chi connectivity index (χ0v) is 16.2. The molecule has 7 nitrogen and oxygen atoms in total. The molecular weight excluding hydrogens is 388 g/mol. The van der Waals surface area contributed by atoms with Gasteiger partial charge < -0.3 is 14.4 Å². The van der Waals surface area contributed by atoms with E-state index < -0.39 is 15.8 Å². The van der Waals surface area contributed by atoms with Crippen molar-refractivity contribution >= 4 is 33.0 Å². The molecule has 0 saturated carbocycles. The minimum absolute atomic E-state index is 0.0736. The van der Waals surface area contributed by atoms with Crippen LogP contribution in [0.4, 0.5) is 5.69 Å². The van der Waals surface area contributed by atoms with E-state index in [1.165, 1.54) is 0 Å². The highest BCUT2D eigenvalue weighted by Gasteiger charge is 2.40. The normalized spacial score (nSPS) is 19.3. The number of nitrogens with one attached hydrogen (secondary N) is 1. The second-order valence-electron chi connectivity index (χ2n) is 6.51. The van der Waals surface area contributed by atoms with E-state index in [9.17, 15) is 13.2 Å². The van der Waals surface area contributed by atoms with Crippen molar-refractivity contribution in [3.63, 3.8) is 0 Å². The summed E-state index contributed by atoms with van der Waals surface area (Å²) >= 11 is 1.15. The molecule has 0 unspecified atom stereocenters. The number of rotatable bonds is 4. The smallest absolute Gasteiger partial charge is 0.271 e. The number of nitrogens with zero attached hydrogens (tertiary/aromatic N) is 1. The maximum Gasteiger partial charge on any atom is 0.271 e. The molecule has 2 fully saturated rings. The number of likely N-dealkylation sites (tertiary alicyclic amines) is 1. The Balaban J connectivity index is 1.39. The lowest BCUT2D eigenvalue weighted by Crippen LogP contribution is -2.47. The molecule has 1 spiro atoms. The summed E-state index contributed by atoms with van der Waals surface area (Å²) in [6, 6.07) is 9.72. The van der Waals surface area contributed by atoms with Gasteiger partial charge in [-0.25, -0.2) is 8.42 Å². The van der Waals surface area contributed by atoms with Crippen LogP contribution in [0.25, 0.3) is 0 Å². The number of benzene rings is 1. The van der Waals surface area contributed by atoms with Crippen molar-refractivity contribution in [3.05, 3.63) is 47.3 Å². The molecule has 1 N–H and O–H groups in total. The number of carbonyl (C=O) groups is 1. The molecule has 1 aromatic heterocycles. The molecule has 144 valence electrons. The minimum Gasteiger partial charge on any atom is -0.347 e. The van der Waals surface area contributed by atoms with E-state index in [-0.39, 0.29) is 10.1 Å². The lowest BCUT2D eigenvalue weighted by molar-refractivity contribution is -0.181. The van der Waals surface area contributed by atoms with Crippen molar-refractivity contribution in [2.45, 2.75) is 22.8 Å². The zero-order valence-electron chi connectivity index (χ0n) is 14.6. The second-order valence-corrected chi connectivity index (χ2v) is 9.37. The van der Waals surface area contributed by atoms with Gasteiger partial charge in [-0.3, -0.25) is 9.52 Å². The Bertz CT molecular complexity index is 894. The monoisotopic (exact) mass is 408 g/mol. The van der Waals surface area contributed by atoms with Crippen LogP contribution in [0.3, 0.4) is 0 Å². The van der Waals surface area contributed by atoms with E-state index in [0.717, 1.165) is 11.3 Å². The number of ether oxygens (including phenoxy) is 2. The Hall–Kier alpha value is -1.94. The fourth-order valence-corrected chi connectivity index (χ4v) is 5.37. The number of amides is 1. The van der Waals surface area contributed by atoms with Crippen LogP contribution >= 0.6 is 11.3 Å².